The maximum atomic E-state index is 12.5. The Bertz CT molecular complexity index is 899. The van der Waals surface area contributed by atoms with Crippen molar-refractivity contribution in [1.82, 2.24) is 9.88 Å². The van der Waals surface area contributed by atoms with Crippen LogP contribution in [-0.4, -0.2) is 35.0 Å². The Balaban J connectivity index is 1.33. The van der Waals surface area contributed by atoms with Crippen molar-refractivity contribution in [2.75, 3.05) is 13.1 Å². The summed E-state index contributed by atoms with van der Waals surface area (Å²) < 4.78 is 7.27. The average molecular weight is 366 g/mol. The molecule has 0 N–H and O–H groups in total. The van der Waals surface area contributed by atoms with E-state index >= 15 is 0 Å². The van der Waals surface area contributed by atoms with Crippen LogP contribution in [0.5, 0.6) is 5.19 Å². The molecular weight excluding hydrogens is 344 g/mol. The van der Waals surface area contributed by atoms with E-state index in [0.29, 0.717) is 6.42 Å². The van der Waals surface area contributed by atoms with Gasteiger partial charge in [-0.3, -0.25) is 4.79 Å². The maximum absolute atomic E-state index is 12.5. The van der Waals surface area contributed by atoms with Crippen LogP contribution in [0.25, 0.3) is 10.2 Å². The molecular formula is C21H22N2O2S. The zero-order valence-electron chi connectivity index (χ0n) is 14.9. The molecule has 0 aliphatic carbocycles. The van der Waals surface area contributed by atoms with E-state index in [2.05, 4.69) is 30.1 Å². The molecule has 1 fully saturated rings. The van der Waals surface area contributed by atoms with Gasteiger partial charge in [-0.2, -0.15) is 0 Å². The van der Waals surface area contributed by atoms with Gasteiger partial charge in [-0.1, -0.05) is 53.8 Å². The molecule has 2 aromatic carbocycles. The fraction of sp³-hybridized carbons (Fsp3) is 0.333. The molecule has 1 aromatic heterocycles. The molecule has 1 amide bonds. The van der Waals surface area contributed by atoms with Crippen molar-refractivity contribution >= 4 is 27.5 Å². The molecule has 0 atom stereocenters. The molecule has 0 bridgehead atoms. The van der Waals surface area contributed by atoms with Crippen LogP contribution in [0.3, 0.4) is 0 Å². The van der Waals surface area contributed by atoms with Crippen molar-refractivity contribution in [2.45, 2.75) is 32.3 Å². The highest BCUT2D eigenvalue weighted by molar-refractivity contribution is 7.20. The largest absolute Gasteiger partial charge is 0.467 e. The van der Waals surface area contributed by atoms with Gasteiger partial charge in [0.05, 0.1) is 16.6 Å². The lowest BCUT2D eigenvalue weighted by atomic mass is 10.1. The molecule has 1 saturated heterocycles. The SMILES string of the molecule is Cc1cccc2sc(OC3CCN(C(=O)Cc4ccccc4)CC3)nc12. The average Bonchev–Trinajstić information content (AvgIpc) is 3.07. The summed E-state index contributed by atoms with van der Waals surface area (Å²) in [7, 11) is 0. The predicted molar refractivity (Wildman–Crippen MR) is 105 cm³/mol. The number of hydrogen-bond acceptors (Lipinski definition) is 4. The molecule has 0 radical (unpaired) electrons. The molecule has 26 heavy (non-hydrogen) atoms. The monoisotopic (exact) mass is 366 g/mol. The van der Waals surface area contributed by atoms with Gasteiger partial charge in [-0.15, -0.1) is 0 Å². The van der Waals surface area contributed by atoms with Crippen LogP contribution in [0.2, 0.25) is 0 Å². The van der Waals surface area contributed by atoms with Crippen LogP contribution < -0.4 is 4.74 Å². The van der Waals surface area contributed by atoms with Gasteiger partial charge in [-0.25, -0.2) is 4.98 Å². The molecule has 4 rings (SSSR count). The van der Waals surface area contributed by atoms with Crippen LogP contribution in [0, 0.1) is 6.92 Å². The Labute approximate surface area is 157 Å². The smallest absolute Gasteiger partial charge is 0.274 e. The second kappa shape index (κ2) is 7.46. The zero-order valence-corrected chi connectivity index (χ0v) is 15.7. The Kier molecular flexibility index (Phi) is 4.89. The van der Waals surface area contributed by atoms with Crippen molar-refractivity contribution in [1.29, 1.82) is 0 Å². The first-order valence-electron chi connectivity index (χ1n) is 9.03. The summed E-state index contributed by atoms with van der Waals surface area (Å²) in [5, 5.41) is 0.739. The highest BCUT2D eigenvalue weighted by Crippen LogP contribution is 2.31. The van der Waals surface area contributed by atoms with E-state index in [4.69, 9.17) is 4.74 Å². The first kappa shape index (κ1) is 17.0. The second-order valence-corrected chi connectivity index (χ2v) is 7.75. The standard InChI is InChI=1S/C21H22N2O2S/c1-15-6-5-9-18-20(15)22-21(26-18)25-17-10-12-23(13-11-17)19(24)14-16-7-3-2-4-8-16/h2-9,17H,10-14H2,1H3. The molecule has 0 saturated carbocycles. The molecule has 1 aliphatic heterocycles. The fourth-order valence-electron chi connectivity index (χ4n) is 3.36. The Morgan fingerprint density at radius 1 is 1.15 bits per heavy atom. The molecule has 0 unspecified atom stereocenters. The summed E-state index contributed by atoms with van der Waals surface area (Å²) in [6.07, 6.45) is 2.32. The van der Waals surface area contributed by atoms with Gasteiger partial charge >= 0.3 is 0 Å². The van der Waals surface area contributed by atoms with E-state index in [0.717, 1.165) is 46.9 Å². The van der Waals surface area contributed by atoms with Crippen LogP contribution in [0.15, 0.2) is 48.5 Å². The first-order valence-corrected chi connectivity index (χ1v) is 9.85. The number of rotatable bonds is 4. The van der Waals surface area contributed by atoms with Gasteiger partial charge in [0.15, 0.2) is 0 Å². The van der Waals surface area contributed by atoms with E-state index < -0.39 is 0 Å². The summed E-state index contributed by atoms with van der Waals surface area (Å²) in [6, 6.07) is 16.1. The number of nitrogens with zero attached hydrogens (tertiary/aromatic N) is 2. The number of likely N-dealkylation sites (tertiary alicyclic amines) is 1. The summed E-state index contributed by atoms with van der Waals surface area (Å²) in [6.45, 7) is 3.57. The van der Waals surface area contributed by atoms with Gasteiger partial charge < -0.3 is 9.64 Å². The van der Waals surface area contributed by atoms with Crippen LogP contribution in [-0.2, 0) is 11.2 Å². The number of carbonyl (C=O) groups is 1. The normalized spacial score (nSPS) is 15.3. The van der Waals surface area contributed by atoms with Crippen molar-refractivity contribution in [3.63, 3.8) is 0 Å². The number of carbonyl (C=O) groups excluding carboxylic acids is 1. The van der Waals surface area contributed by atoms with Crippen molar-refractivity contribution < 1.29 is 9.53 Å². The molecule has 3 aromatic rings. The van der Waals surface area contributed by atoms with Crippen LogP contribution in [0.4, 0.5) is 0 Å². The van der Waals surface area contributed by atoms with Crippen LogP contribution >= 0.6 is 11.3 Å². The summed E-state index contributed by atoms with van der Waals surface area (Å²) in [5.74, 6) is 0.199. The molecule has 1 aliphatic rings. The third-order valence-corrected chi connectivity index (χ3v) is 5.77. The number of aromatic nitrogens is 1. The Morgan fingerprint density at radius 2 is 1.92 bits per heavy atom. The van der Waals surface area contributed by atoms with E-state index in [1.165, 1.54) is 5.56 Å². The van der Waals surface area contributed by atoms with Crippen molar-refractivity contribution in [3.05, 3.63) is 59.7 Å². The highest BCUT2D eigenvalue weighted by Gasteiger charge is 2.24. The summed E-state index contributed by atoms with van der Waals surface area (Å²) in [4.78, 5) is 19.0. The van der Waals surface area contributed by atoms with Crippen molar-refractivity contribution in [3.8, 4) is 5.19 Å². The van der Waals surface area contributed by atoms with E-state index in [-0.39, 0.29) is 12.0 Å². The van der Waals surface area contributed by atoms with Gasteiger partial charge in [0.1, 0.15) is 6.10 Å². The minimum Gasteiger partial charge on any atom is -0.467 e. The Hall–Kier alpha value is -2.40. The number of fused-ring (bicyclic) bond motifs is 1. The number of benzene rings is 2. The maximum Gasteiger partial charge on any atom is 0.274 e. The number of para-hydroxylation sites is 1. The lowest BCUT2D eigenvalue weighted by Gasteiger charge is -2.31. The zero-order chi connectivity index (χ0) is 17.9. The molecule has 0 spiro atoms. The Morgan fingerprint density at radius 3 is 2.65 bits per heavy atom. The highest BCUT2D eigenvalue weighted by atomic mass is 32.1. The quantitative estimate of drug-likeness (QED) is 0.694. The van der Waals surface area contributed by atoms with Gasteiger partial charge in [0, 0.05) is 25.9 Å². The van der Waals surface area contributed by atoms with Gasteiger partial charge in [0.25, 0.3) is 5.19 Å². The van der Waals surface area contributed by atoms with Crippen molar-refractivity contribution in [2.24, 2.45) is 0 Å². The van der Waals surface area contributed by atoms with Gasteiger partial charge in [0.2, 0.25) is 5.91 Å². The minimum atomic E-state index is 0.136. The topological polar surface area (TPSA) is 42.4 Å². The number of ether oxygens (including phenoxy) is 1. The van der Waals surface area contributed by atoms with E-state index in [9.17, 15) is 4.79 Å². The number of thiazole rings is 1. The minimum absolute atomic E-state index is 0.136. The summed E-state index contributed by atoms with van der Waals surface area (Å²) >= 11 is 1.60. The number of amides is 1. The molecule has 4 nitrogen and oxygen atoms in total. The lowest BCUT2D eigenvalue weighted by Crippen LogP contribution is -2.42. The van der Waals surface area contributed by atoms with Crippen LogP contribution in [0.1, 0.15) is 24.0 Å². The number of piperidine rings is 1. The van der Waals surface area contributed by atoms with Gasteiger partial charge in [-0.05, 0) is 24.1 Å². The first-order chi connectivity index (χ1) is 12.7. The third-order valence-electron chi connectivity index (χ3n) is 4.86. The van der Waals surface area contributed by atoms with E-state index in [1.54, 1.807) is 11.3 Å². The molecule has 2 heterocycles. The molecule has 134 valence electrons. The second-order valence-electron chi connectivity index (χ2n) is 6.76. The number of aryl methyl sites for hydroxylation is 1. The lowest BCUT2D eigenvalue weighted by molar-refractivity contribution is -0.132. The molecule has 5 heteroatoms. The van der Waals surface area contributed by atoms with E-state index in [1.807, 2.05) is 35.2 Å². The number of hydrogen-bond donors (Lipinski definition) is 0. The summed E-state index contributed by atoms with van der Waals surface area (Å²) in [5.41, 5.74) is 3.28. The predicted octanol–water partition coefficient (Wildman–Crippen LogP) is 4.22. The third kappa shape index (κ3) is 3.73. The fourth-order valence-corrected chi connectivity index (χ4v) is 4.32.